The SMILES string of the molecule is N[C@H]1CC2(CCCC2)CCC1=O. The quantitative estimate of drug-likeness (QED) is 0.596. The van der Waals surface area contributed by atoms with E-state index in [0.29, 0.717) is 5.41 Å². The van der Waals surface area contributed by atoms with Gasteiger partial charge in [0.05, 0.1) is 6.04 Å². The van der Waals surface area contributed by atoms with Gasteiger partial charge in [0.2, 0.25) is 0 Å². The highest BCUT2D eigenvalue weighted by molar-refractivity contribution is 5.84. The molecule has 2 aliphatic carbocycles. The van der Waals surface area contributed by atoms with Crippen molar-refractivity contribution in [2.24, 2.45) is 11.1 Å². The number of Topliss-reactive ketones (excluding diaryl/α,β-unsaturated/α-hetero) is 1. The van der Waals surface area contributed by atoms with Gasteiger partial charge in [-0.05, 0) is 31.1 Å². The molecule has 2 fully saturated rings. The van der Waals surface area contributed by atoms with Crippen LogP contribution in [0.5, 0.6) is 0 Å². The van der Waals surface area contributed by atoms with Crippen LogP contribution < -0.4 is 5.73 Å². The lowest BCUT2D eigenvalue weighted by Gasteiger charge is -2.35. The Bertz CT molecular complexity index is 194. The van der Waals surface area contributed by atoms with Gasteiger partial charge in [-0.15, -0.1) is 0 Å². The van der Waals surface area contributed by atoms with Gasteiger partial charge in [-0.2, -0.15) is 0 Å². The average molecular weight is 167 g/mol. The molecule has 0 heterocycles. The Labute approximate surface area is 73.5 Å². The molecule has 0 saturated heterocycles. The first-order chi connectivity index (χ1) is 5.72. The summed E-state index contributed by atoms with van der Waals surface area (Å²) in [5, 5.41) is 0. The summed E-state index contributed by atoms with van der Waals surface area (Å²) in [6.07, 6.45) is 8.14. The van der Waals surface area contributed by atoms with Gasteiger partial charge in [-0.1, -0.05) is 12.8 Å². The predicted molar refractivity (Wildman–Crippen MR) is 47.7 cm³/mol. The molecule has 0 radical (unpaired) electrons. The molecule has 1 atom stereocenters. The van der Waals surface area contributed by atoms with Gasteiger partial charge in [-0.25, -0.2) is 0 Å². The summed E-state index contributed by atoms with van der Waals surface area (Å²) >= 11 is 0. The Hall–Kier alpha value is -0.370. The lowest BCUT2D eigenvalue weighted by Crippen LogP contribution is -2.41. The second-order valence-corrected chi connectivity index (χ2v) is 4.48. The number of rotatable bonds is 0. The minimum Gasteiger partial charge on any atom is -0.321 e. The zero-order valence-corrected chi connectivity index (χ0v) is 7.51. The Morgan fingerprint density at radius 1 is 1.25 bits per heavy atom. The summed E-state index contributed by atoms with van der Waals surface area (Å²) in [6.45, 7) is 0. The first-order valence-electron chi connectivity index (χ1n) is 5.00. The maximum atomic E-state index is 11.2. The fourth-order valence-corrected chi connectivity index (χ4v) is 2.84. The van der Waals surface area contributed by atoms with Gasteiger partial charge < -0.3 is 5.73 Å². The largest absolute Gasteiger partial charge is 0.321 e. The molecule has 0 amide bonds. The van der Waals surface area contributed by atoms with Crippen LogP contribution in [0, 0.1) is 5.41 Å². The van der Waals surface area contributed by atoms with Gasteiger partial charge in [0.25, 0.3) is 0 Å². The molecule has 1 spiro atoms. The highest BCUT2D eigenvalue weighted by Gasteiger charge is 2.40. The fourth-order valence-electron chi connectivity index (χ4n) is 2.84. The van der Waals surface area contributed by atoms with Gasteiger partial charge in [0.1, 0.15) is 5.78 Å². The number of carbonyl (C=O) groups is 1. The highest BCUT2D eigenvalue weighted by Crippen LogP contribution is 2.47. The first kappa shape index (κ1) is 8.24. The van der Waals surface area contributed by atoms with Crippen molar-refractivity contribution < 1.29 is 4.79 Å². The molecule has 2 nitrogen and oxygen atoms in total. The Balaban J connectivity index is 2.05. The zero-order chi connectivity index (χ0) is 8.60. The lowest BCUT2D eigenvalue weighted by molar-refractivity contribution is -0.124. The average Bonchev–Trinajstić information content (AvgIpc) is 2.47. The Morgan fingerprint density at radius 2 is 1.92 bits per heavy atom. The maximum absolute atomic E-state index is 11.2. The lowest BCUT2D eigenvalue weighted by atomic mass is 9.71. The van der Waals surface area contributed by atoms with E-state index in [2.05, 4.69) is 0 Å². The van der Waals surface area contributed by atoms with Crippen LogP contribution in [0.4, 0.5) is 0 Å². The summed E-state index contributed by atoms with van der Waals surface area (Å²) in [5.41, 5.74) is 6.26. The van der Waals surface area contributed by atoms with Crippen LogP contribution in [0.15, 0.2) is 0 Å². The number of ketones is 1. The standard InChI is InChI=1S/C10H17NO/c11-8-7-10(4-1-2-5-10)6-3-9(8)12/h8H,1-7,11H2/t8-/m0/s1. The molecular weight excluding hydrogens is 150 g/mol. The van der Waals surface area contributed by atoms with Gasteiger partial charge in [0.15, 0.2) is 0 Å². The molecule has 2 aliphatic rings. The summed E-state index contributed by atoms with van der Waals surface area (Å²) in [6, 6.07) is -0.142. The molecule has 2 rings (SSSR count). The van der Waals surface area contributed by atoms with E-state index in [1.165, 1.54) is 25.7 Å². The number of hydrogen-bond acceptors (Lipinski definition) is 2. The maximum Gasteiger partial charge on any atom is 0.149 e. The van der Waals surface area contributed by atoms with Gasteiger partial charge in [-0.3, -0.25) is 4.79 Å². The van der Waals surface area contributed by atoms with Gasteiger partial charge in [0, 0.05) is 6.42 Å². The molecule has 0 aromatic carbocycles. The summed E-state index contributed by atoms with van der Waals surface area (Å²) in [4.78, 5) is 11.2. The highest BCUT2D eigenvalue weighted by atomic mass is 16.1. The summed E-state index contributed by atoms with van der Waals surface area (Å²) in [5.74, 6) is 0.285. The van der Waals surface area contributed by atoms with Crippen LogP contribution >= 0.6 is 0 Å². The molecule has 12 heavy (non-hydrogen) atoms. The van der Waals surface area contributed by atoms with E-state index < -0.39 is 0 Å². The van der Waals surface area contributed by atoms with Crippen molar-refractivity contribution in [2.45, 2.75) is 51.0 Å². The number of carbonyl (C=O) groups excluding carboxylic acids is 1. The van der Waals surface area contributed by atoms with E-state index in [1.807, 2.05) is 0 Å². The van der Waals surface area contributed by atoms with E-state index in [9.17, 15) is 4.79 Å². The van der Waals surface area contributed by atoms with Crippen molar-refractivity contribution in [1.82, 2.24) is 0 Å². The van der Waals surface area contributed by atoms with E-state index >= 15 is 0 Å². The van der Waals surface area contributed by atoms with Crippen molar-refractivity contribution >= 4 is 5.78 Å². The van der Waals surface area contributed by atoms with Gasteiger partial charge >= 0.3 is 0 Å². The minimum absolute atomic E-state index is 0.142. The van der Waals surface area contributed by atoms with Crippen LogP contribution in [0.3, 0.4) is 0 Å². The molecule has 0 aliphatic heterocycles. The molecule has 68 valence electrons. The fraction of sp³-hybridized carbons (Fsp3) is 0.900. The topological polar surface area (TPSA) is 43.1 Å². The third kappa shape index (κ3) is 1.28. The first-order valence-corrected chi connectivity index (χ1v) is 5.00. The molecule has 2 heteroatoms. The third-order valence-electron chi connectivity index (χ3n) is 3.63. The minimum atomic E-state index is -0.142. The smallest absolute Gasteiger partial charge is 0.149 e. The number of hydrogen-bond donors (Lipinski definition) is 1. The second kappa shape index (κ2) is 2.84. The molecule has 0 unspecified atom stereocenters. The Morgan fingerprint density at radius 3 is 2.50 bits per heavy atom. The van der Waals surface area contributed by atoms with Crippen LogP contribution in [-0.4, -0.2) is 11.8 Å². The van der Waals surface area contributed by atoms with Crippen LogP contribution in [0.25, 0.3) is 0 Å². The molecule has 2 saturated carbocycles. The van der Waals surface area contributed by atoms with E-state index in [4.69, 9.17) is 5.73 Å². The van der Waals surface area contributed by atoms with Crippen molar-refractivity contribution in [3.8, 4) is 0 Å². The van der Waals surface area contributed by atoms with E-state index in [0.717, 1.165) is 19.3 Å². The van der Waals surface area contributed by atoms with E-state index in [1.54, 1.807) is 0 Å². The van der Waals surface area contributed by atoms with Crippen LogP contribution in [-0.2, 0) is 4.79 Å². The molecule has 0 aromatic heterocycles. The predicted octanol–water partition coefficient (Wildman–Crippen LogP) is 1.63. The number of nitrogens with two attached hydrogens (primary N) is 1. The zero-order valence-electron chi connectivity index (χ0n) is 7.51. The molecule has 0 bridgehead atoms. The van der Waals surface area contributed by atoms with Crippen molar-refractivity contribution in [3.63, 3.8) is 0 Å². The summed E-state index contributed by atoms with van der Waals surface area (Å²) < 4.78 is 0. The van der Waals surface area contributed by atoms with E-state index in [-0.39, 0.29) is 11.8 Å². The van der Waals surface area contributed by atoms with Crippen molar-refractivity contribution in [2.75, 3.05) is 0 Å². The van der Waals surface area contributed by atoms with Crippen LogP contribution in [0.1, 0.15) is 44.9 Å². The molecule has 0 aromatic rings. The Kier molecular flexibility index (Phi) is 1.95. The second-order valence-electron chi connectivity index (χ2n) is 4.48. The normalized spacial score (nSPS) is 34.4. The molecule has 2 N–H and O–H groups in total. The van der Waals surface area contributed by atoms with Crippen molar-refractivity contribution in [1.29, 1.82) is 0 Å². The van der Waals surface area contributed by atoms with Crippen molar-refractivity contribution in [3.05, 3.63) is 0 Å². The monoisotopic (exact) mass is 167 g/mol. The van der Waals surface area contributed by atoms with Crippen LogP contribution in [0.2, 0.25) is 0 Å². The summed E-state index contributed by atoms with van der Waals surface area (Å²) in [7, 11) is 0. The molecular formula is C10H17NO. The third-order valence-corrected chi connectivity index (χ3v) is 3.63.